The lowest BCUT2D eigenvalue weighted by Crippen LogP contribution is -2.50. The predicted octanol–water partition coefficient (Wildman–Crippen LogP) is 1.10. The fourth-order valence-corrected chi connectivity index (χ4v) is 2.96. The van der Waals surface area contributed by atoms with Crippen molar-refractivity contribution in [1.82, 2.24) is 15.1 Å². The van der Waals surface area contributed by atoms with E-state index in [4.69, 9.17) is 4.42 Å². The van der Waals surface area contributed by atoms with Gasteiger partial charge in [-0.2, -0.15) is 0 Å². The van der Waals surface area contributed by atoms with Crippen molar-refractivity contribution >= 4 is 23.4 Å². The van der Waals surface area contributed by atoms with Gasteiger partial charge in [0.1, 0.15) is 0 Å². The van der Waals surface area contributed by atoms with Gasteiger partial charge in [-0.15, -0.1) is 0 Å². The van der Waals surface area contributed by atoms with Crippen LogP contribution in [0.2, 0.25) is 0 Å². The number of nitrogens with one attached hydrogen (secondary N) is 2. The van der Waals surface area contributed by atoms with Crippen LogP contribution < -0.4 is 10.6 Å². The number of amides is 3. The van der Waals surface area contributed by atoms with Gasteiger partial charge < -0.3 is 20.0 Å². The summed E-state index contributed by atoms with van der Waals surface area (Å²) < 4.78 is 5.15. The molecule has 2 N–H and O–H groups in total. The van der Waals surface area contributed by atoms with Crippen molar-refractivity contribution in [2.75, 3.05) is 44.6 Å². The lowest BCUT2D eigenvalue weighted by Gasteiger charge is -2.34. The van der Waals surface area contributed by atoms with Crippen molar-refractivity contribution in [3.63, 3.8) is 0 Å². The Labute approximate surface area is 163 Å². The molecule has 1 aliphatic rings. The zero-order valence-corrected chi connectivity index (χ0v) is 15.8. The van der Waals surface area contributed by atoms with E-state index in [1.54, 1.807) is 29.2 Å². The van der Waals surface area contributed by atoms with Crippen LogP contribution >= 0.6 is 0 Å². The number of hydrogen-bond acceptors (Lipinski definition) is 5. The monoisotopic (exact) mass is 384 g/mol. The second-order valence-electron chi connectivity index (χ2n) is 6.69. The molecule has 0 radical (unpaired) electrons. The number of anilines is 1. The fourth-order valence-electron chi connectivity index (χ4n) is 2.96. The van der Waals surface area contributed by atoms with Gasteiger partial charge in [0, 0.05) is 45.0 Å². The summed E-state index contributed by atoms with van der Waals surface area (Å²) in [6, 6.07) is 10.6. The van der Waals surface area contributed by atoms with E-state index >= 15 is 0 Å². The van der Waals surface area contributed by atoms with Crippen LogP contribution in [0.5, 0.6) is 0 Å². The number of carbonyl (C=O) groups excluding carboxylic acids is 3. The summed E-state index contributed by atoms with van der Waals surface area (Å²) in [6.07, 6.45) is 1.49. The first-order valence-electron chi connectivity index (χ1n) is 9.24. The Balaban J connectivity index is 1.35. The number of benzene rings is 1. The van der Waals surface area contributed by atoms with E-state index in [-0.39, 0.29) is 5.91 Å². The molecule has 1 aromatic carbocycles. The molecule has 0 atom stereocenters. The highest BCUT2D eigenvalue weighted by Gasteiger charge is 2.23. The third-order valence-electron chi connectivity index (χ3n) is 4.62. The SMILES string of the molecule is Cc1ccc(NC(=O)C(=O)NCCN2CCN(C(=O)c3ccco3)CC2)cc1. The predicted molar refractivity (Wildman–Crippen MR) is 104 cm³/mol. The second-order valence-corrected chi connectivity index (χ2v) is 6.69. The largest absolute Gasteiger partial charge is 0.459 e. The molecule has 2 heterocycles. The Morgan fingerprint density at radius 3 is 2.36 bits per heavy atom. The number of aryl methyl sites for hydroxylation is 1. The van der Waals surface area contributed by atoms with Gasteiger partial charge >= 0.3 is 11.8 Å². The van der Waals surface area contributed by atoms with Gasteiger partial charge in [0.2, 0.25) is 0 Å². The van der Waals surface area contributed by atoms with E-state index in [2.05, 4.69) is 15.5 Å². The maximum absolute atomic E-state index is 12.2. The van der Waals surface area contributed by atoms with Crippen LogP contribution in [-0.4, -0.2) is 66.8 Å². The first-order chi connectivity index (χ1) is 13.5. The standard InChI is InChI=1S/C20H24N4O4/c1-15-4-6-16(7-5-15)22-19(26)18(25)21-8-9-23-10-12-24(13-11-23)20(27)17-3-2-14-28-17/h2-7,14H,8-13H2,1H3,(H,21,25)(H,22,26). The third kappa shape index (κ3) is 5.20. The molecule has 0 bridgehead atoms. The minimum atomic E-state index is -0.683. The van der Waals surface area contributed by atoms with Gasteiger partial charge in [-0.05, 0) is 31.2 Å². The zero-order valence-electron chi connectivity index (χ0n) is 15.8. The van der Waals surface area contributed by atoms with Crippen molar-refractivity contribution in [1.29, 1.82) is 0 Å². The minimum Gasteiger partial charge on any atom is -0.459 e. The molecule has 2 aromatic rings. The molecule has 3 rings (SSSR count). The molecule has 148 valence electrons. The topological polar surface area (TPSA) is 94.9 Å². The molecule has 28 heavy (non-hydrogen) atoms. The van der Waals surface area contributed by atoms with Crippen LogP contribution in [0, 0.1) is 6.92 Å². The van der Waals surface area contributed by atoms with Gasteiger partial charge in [0.15, 0.2) is 5.76 Å². The summed E-state index contributed by atoms with van der Waals surface area (Å²) in [5, 5.41) is 5.20. The van der Waals surface area contributed by atoms with Crippen LogP contribution in [-0.2, 0) is 9.59 Å². The highest BCUT2D eigenvalue weighted by atomic mass is 16.3. The van der Waals surface area contributed by atoms with E-state index in [1.807, 2.05) is 19.1 Å². The summed E-state index contributed by atoms with van der Waals surface area (Å²) in [7, 11) is 0. The van der Waals surface area contributed by atoms with Crippen LogP contribution in [0.25, 0.3) is 0 Å². The van der Waals surface area contributed by atoms with Gasteiger partial charge in [-0.1, -0.05) is 17.7 Å². The lowest BCUT2D eigenvalue weighted by atomic mass is 10.2. The number of rotatable bonds is 5. The smallest absolute Gasteiger partial charge is 0.313 e. The van der Waals surface area contributed by atoms with Crippen molar-refractivity contribution in [2.45, 2.75) is 6.92 Å². The van der Waals surface area contributed by atoms with Gasteiger partial charge in [-0.25, -0.2) is 0 Å². The number of nitrogens with zero attached hydrogens (tertiary/aromatic N) is 2. The molecule has 1 aliphatic heterocycles. The van der Waals surface area contributed by atoms with E-state index in [0.29, 0.717) is 50.7 Å². The Morgan fingerprint density at radius 1 is 1.00 bits per heavy atom. The van der Waals surface area contributed by atoms with E-state index in [9.17, 15) is 14.4 Å². The van der Waals surface area contributed by atoms with Crippen LogP contribution in [0.4, 0.5) is 5.69 Å². The Kier molecular flexibility index (Phi) is 6.44. The van der Waals surface area contributed by atoms with Crippen molar-refractivity contribution in [3.8, 4) is 0 Å². The molecule has 1 aromatic heterocycles. The normalized spacial score (nSPS) is 14.5. The molecule has 1 saturated heterocycles. The highest BCUT2D eigenvalue weighted by molar-refractivity contribution is 6.39. The number of piperazine rings is 1. The first-order valence-corrected chi connectivity index (χ1v) is 9.24. The van der Waals surface area contributed by atoms with E-state index < -0.39 is 11.8 Å². The van der Waals surface area contributed by atoms with Crippen LogP contribution in [0.15, 0.2) is 47.1 Å². The minimum absolute atomic E-state index is 0.106. The van der Waals surface area contributed by atoms with Crippen molar-refractivity contribution < 1.29 is 18.8 Å². The van der Waals surface area contributed by atoms with E-state index in [1.165, 1.54) is 6.26 Å². The molecule has 8 nitrogen and oxygen atoms in total. The zero-order chi connectivity index (χ0) is 19.9. The average Bonchev–Trinajstić information content (AvgIpc) is 3.24. The number of carbonyl (C=O) groups is 3. The summed E-state index contributed by atoms with van der Waals surface area (Å²) in [4.78, 5) is 40.0. The van der Waals surface area contributed by atoms with Gasteiger partial charge in [-0.3, -0.25) is 19.3 Å². The lowest BCUT2D eigenvalue weighted by molar-refractivity contribution is -0.136. The maximum atomic E-state index is 12.2. The summed E-state index contributed by atoms with van der Waals surface area (Å²) in [5.74, 6) is -1.10. The maximum Gasteiger partial charge on any atom is 0.313 e. The van der Waals surface area contributed by atoms with Gasteiger partial charge in [0.05, 0.1) is 6.26 Å². The van der Waals surface area contributed by atoms with Crippen LogP contribution in [0.1, 0.15) is 16.1 Å². The molecule has 1 fully saturated rings. The summed E-state index contributed by atoms with van der Waals surface area (Å²) in [5.41, 5.74) is 1.66. The van der Waals surface area contributed by atoms with Crippen LogP contribution in [0.3, 0.4) is 0 Å². The third-order valence-corrected chi connectivity index (χ3v) is 4.62. The van der Waals surface area contributed by atoms with Crippen molar-refractivity contribution in [2.24, 2.45) is 0 Å². The Morgan fingerprint density at radius 2 is 1.71 bits per heavy atom. The van der Waals surface area contributed by atoms with E-state index in [0.717, 1.165) is 5.56 Å². The quantitative estimate of drug-likeness (QED) is 0.753. The second kappa shape index (κ2) is 9.18. The molecule has 0 aliphatic carbocycles. The molecule has 0 saturated carbocycles. The first kappa shape index (κ1) is 19.6. The average molecular weight is 384 g/mol. The molecule has 8 heteroatoms. The Hall–Kier alpha value is -3.13. The highest BCUT2D eigenvalue weighted by Crippen LogP contribution is 2.09. The molecule has 0 unspecified atom stereocenters. The fraction of sp³-hybridized carbons (Fsp3) is 0.350. The molecular formula is C20H24N4O4. The number of hydrogen-bond donors (Lipinski definition) is 2. The molecule has 3 amide bonds. The van der Waals surface area contributed by atoms with Gasteiger partial charge in [0.25, 0.3) is 5.91 Å². The summed E-state index contributed by atoms with van der Waals surface area (Å²) in [6.45, 7) is 5.54. The molecular weight excluding hydrogens is 360 g/mol. The number of furan rings is 1. The van der Waals surface area contributed by atoms with Crippen molar-refractivity contribution in [3.05, 3.63) is 54.0 Å². The summed E-state index contributed by atoms with van der Waals surface area (Å²) >= 11 is 0. The Bertz CT molecular complexity index is 809. The molecule has 0 spiro atoms.